The smallest absolute Gasteiger partial charge is 0.184 e. The van der Waals surface area contributed by atoms with Crippen molar-refractivity contribution in [3.63, 3.8) is 0 Å². The van der Waals surface area contributed by atoms with Gasteiger partial charge in [0.1, 0.15) is 0 Å². The quantitative estimate of drug-likeness (QED) is 0.377. The largest absolute Gasteiger partial charge is 0.375 e. The van der Waals surface area contributed by atoms with E-state index in [1.807, 2.05) is 60.7 Å². The maximum absolute atomic E-state index is 5.16. The summed E-state index contributed by atoms with van der Waals surface area (Å²) in [6.45, 7) is 0. The Hall–Kier alpha value is -2.84. The van der Waals surface area contributed by atoms with Crippen LogP contribution < -0.4 is 22.3 Å². The van der Waals surface area contributed by atoms with Gasteiger partial charge < -0.3 is 11.5 Å². The molecule has 0 aliphatic heterocycles. The summed E-state index contributed by atoms with van der Waals surface area (Å²) in [6, 6.07) is 19.4. The molecule has 2 aromatic carbocycles. The van der Waals surface area contributed by atoms with Crippen LogP contribution in [0.3, 0.4) is 0 Å². The van der Waals surface area contributed by atoms with Gasteiger partial charge in [-0.3, -0.25) is 10.9 Å². The molecule has 24 heavy (non-hydrogen) atoms. The van der Waals surface area contributed by atoms with Crippen LogP contribution in [-0.2, 0) is 0 Å². The summed E-state index contributed by atoms with van der Waals surface area (Å²) in [6.07, 6.45) is 3.30. The number of thiocarbonyl (C=S) groups is 2. The highest BCUT2D eigenvalue weighted by Crippen LogP contribution is 1.93. The van der Waals surface area contributed by atoms with E-state index < -0.39 is 0 Å². The summed E-state index contributed by atoms with van der Waals surface area (Å²) in [5.41, 5.74) is 17.3. The lowest BCUT2D eigenvalue weighted by molar-refractivity contribution is 1.04. The summed E-state index contributed by atoms with van der Waals surface area (Å²) in [5.74, 6) is 0. The monoisotopic (exact) mass is 358 g/mol. The van der Waals surface area contributed by atoms with Crippen molar-refractivity contribution in [1.29, 1.82) is 0 Å². The molecule has 0 aromatic heterocycles. The lowest BCUT2D eigenvalue weighted by Crippen LogP contribution is -2.23. The lowest BCUT2D eigenvalue weighted by atomic mass is 10.2. The predicted molar refractivity (Wildman–Crippen MR) is 108 cm³/mol. The molecule has 0 saturated carbocycles. The Morgan fingerprint density at radius 2 is 1.04 bits per heavy atom. The maximum Gasteiger partial charge on any atom is 0.184 e. The van der Waals surface area contributed by atoms with Gasteiger partial charge in [-0.1, -0.05) is 60.7 Å². The Balaban J connectivity index is 0.000000240. The third kappa shape index (κ3) is 9.98. The van der Waals surface area contributed by atoms with E-state index in [4.69, 9.17) is 11.5 Å². The van der Waals surface area contributed by atoms with E-state index >= 15 is 0 Å². The zero-order valence-corrected chi connectivity index (χ0v) is 14.4. The number of nitrogens with one attached hydrogen (secondary N) is 2. The maximum atomic E-state index is 5.16. The van der Waals surface area contributed by atoms with Gasteiger partial charge in [-0.15, -0.1) is 0 Å². The van der Waals surface area contributed by atoms with E-state index in [1.165, 1.54) is 0 Å². The second-order valence-corrected chi connectivity index (χ2v) is 5.17. The van der Waals surface area contributed by atoms with Gasteiger partial charge in [0.25, 0.3) is 0 Å². The number of benzene rings is 2. The molecule has 0 unspecified atom stereocenters. The van der Waals surface area contributed by atoms with Crippen LogP contribution in [0.5, 0.6) is 0 Å². The molecule has 6 nitrogen and oxygen atoms in total. The fourth-order valence-corrected chi connectivity index (χ4v) is 1.52. The van der Waals surface area contributed by atoms with Gasteiger partial charge >= 0.3 is 0 Å². The van der Waals surface area contributed by atoms with Crippen molar-refractivity contribution in [1.82, 2.24) is 10.9 Å². The van der Waals surface area contributed by atoms with E-state index in [9.17, 15) is 0 Å². The van der Waals surface area contributed by atoms with Gasteiger partial charge in [-0.25, -0.2) is 0 Å². The lowest BCUT2D eigenvalue weighted by Gasteiger charge is -1.93. The van der Waals surface area contributed by atoms with E-state index in [2.05, 4.69) is 45.5 Å². The van der Waals surface area contributed by atoms with Gasteiger partial charge in [0.05, 0.1) is 12.4 Å². The Bertz CT molecular complexity index is 625. The Morgan fingerprint density at radius 1 is 0.708 bits per heavy atom. The molecule has 0 saturated heterocycles. The minimum Gasteiger partial charge on any atom is -0.375 e. The molecule has 0 fully saturated rings. The minimum absolute atomic E-state index is 0.169. The van der Waals surface area contributed by atoms with Crippen molar-refractivity contribution in [3.05, 3.63) is 71.8 Å². The van der Waals surface area contributed by atoms with Crippen LogP contribution in [0.1, 0.15) is 11.1 Å². The molecular formula is C16H18N6S2. The van der Waals surface area contributed by atoms with Crippen molar-refractivity contribution in [2.75, 3.05) is 0 Å². The van der Waals surface area contributed by atoms with Crippen LogP contribution in [0.25, 0.3) is 0 Å². The predicted octanol–water partition coefficient (Wildman–Crippen LogP) is 1.71. The highest BCUT2D eigenvalue weighted by molar-refractivity contribution is 7.80. The molecule has 0 atom stereocenters. The summed E-state index contributed by atoms with van der Waals surface area (Å²) in [4.78, 5) is 0. The van der Waals surface area contributed by atoms with Crippen LogP contribution in [-0.4, -0.2) is 22.7 Å². The SMILES string of the molecule is NC(=S)N/N=C/c1ccccc1.NC(=S)N/N=C/c1ccccc1. The summed E-state index contributed by atoms with van der Waals surface area (Å²) in [5, 5.41) is 7.94. The first-order chi connectivity index (χ1) is 11.6. The van der Waals surface area contributed by atoms with Gasteiger partial charge in [0, 0.05) is 0 Å². The number of rotatable bonds is 4. The number of hydrogen-bond acceptors (Lipinski definition) is 4. The highest BCUT2D eigenvalue weighted by atomic mass is 32.1. The van der Waals surface area contributed by atoms with Crippen LogP contribution in [0, 0.1) is 0 Å². The summed E-state index contributed by atoms with van der Waals surface area (Å²) >= 11 is 9.13. The zero-order valence-electron chi connectivity index (χ0n) is 12.8. The average Bonchev–Trinajstić information content (AvgIpc) is 2.57. The van der Waals surface area contributed by atoms with Crippen molar-refractivity contribution in [2.45, 2.75) is 0 Å². The fraction of sp³-hybridized carbons (Fsp3) is 0. The standard InChI is InChI=1S/2C8H9N3S/c2*9-8(12)11-10-6-7-4-2-1-3-5-7/h2*1-6H,(H3,9,11,12)/b2*10-6+. The number of hydrogen-bond donors (Lipinski definition) is 4. The topological polar surface area (TPSA) is 101 Å². The molecule has 0 aliphatic carbocycles. The molecule has 0 aliphatic rings. The second-order valence-electron chi connectivity index (χ2n) is 4.29. The molecule has 8 heteroatoms. The van der Waals surface area contributed by atoms with Crippen molar-refractivity contribution < 1.29 is 0 Å². The van der Waals surface area contributed by atoms with Crippen molar-refractivity contribution >= 4 is 47.1 Å². The highest BCUT2D eigenvalue weighted by Gasteiger charge is 1.84. The molecule has 0 heterocycles. The molecular weight excluding hydrogens is 340 g/mol. The Morgan fingerprint density at radius 3 is 1.33 bits per heavy atom. The van der Waals surface area contributed by atoms with E-state index in [-0.39, 0.29) is 10.2 Å². The first-order valence-electron chi connectivity index (χ1n) is 6.85. The molecule has 0 radical (unpaired) electrons. The van der Waals surface area contributed by atoms with Gasteiger partial charge in [0.15, 0.2) is 10.2 Å². The summed E-state index contributed by atoms with van der Waals surface area (Å²) in [7, 11) is 0. The van der Waals surface area contributed by atoms with Crippen LogP contribution in [0.4, 0.5) is 0 Å². The summed E-state index contributed by atoms with van der Waals surface area (Å²) < 4.78 is 0. The molecule has 0 bridgehead atoms. The van der Waals surface area contributed by atoms with Gasteiger partial charge in [0.2, 0.25) is 0 Å². The van der Waals surface area contributed by atoms with Crippen LogP contribution in [0.2, 0.25) is 0 Å². The third-order valence-corrected chi connectivity index (χ3v) is 2.56. The minimum atomic E-state index is 0.169. The Labute approximate surface area is 151 Å². The first kappa shape index (κ1) is 19.2. The molecule has 0 amide bonds. The molecule has 2 aromatic rings. The number of hydrazone groups is 2. The molecule has 2 rings (SSSR count). The van der Waals surface area contributed by atoms with E-state index in [0.717, 1.165) is 11.1 Å². The second kappa shape index (κ2) is 11.7. The molecule has 6 N–H and O–H groups in total. The van der Waals surface area contributed by atoms with Crippen LogP contribution >= 0.6 is 24.4 Å². The van der Waals surface area contributed by atoms with E-state index in [1.54, 1.807) is 12.4 Å². The number of nitrogens with two attached hydrogens (primary N) is 2. The van der Waals surface area contributed by atoms with Crippen molar-refractivity contribution in [3.8, 4) is 0 Å². The first-order valence-corrected chi connectivity index (χ1v) is 7.66. The molecule has 0 spiro atoms. The third-order valence-electron chi connectivity index (χ3n) is 2.38. The van der Waals surface area contributed by atoms with Gasteiger partial charge in [-0.2, -0.15) is 10.2 Å². The van der Waals surface area contributed by atoms with Gasteiger partial charge in [-0.05, 0) is 35.6 Å². The van der Waals surface area contributed by atoms with E-state index in [0.29, 0.717) is 0 Å². The molecule has 124 valence electrons. The average molecular weight is 358 g/mol. The number of nitrogens with zero attached hydrogens (tertiary/aromatic N) is 2. The zero-order chi connectivity index (χ0) is 17.6. The Kier molecular flexibility index (Phi) is 9.36. The normalized spacial score (nSPS) is 10.0. The van der Waals surface area contributed by atoms with Crippen molar-refractivity contribution in [2.24, 2.45) is 21.7 Å². The van der Waals surface area contributed by atoms with Crippen LogP contribution in [0.15, 0.2) is 70.9 Å². The fourth-order valence-electron chi connectivity index (χ4n) is 1.42.